The van der Waals surface area contributed by atoms with E-state index in [0.717, 1.165) is 17.6 Å². The van der Waals surface area contributed by atoms with E-state index in [0.29, 0.717) is 23.8 Å². The quantitative estimate of drug-likeness (QED) is 0.902. The zero-order valence-corrected chi connectivity index (χ0v) is 11.0. The smallest absolute Gasteiger partial charge is 0.314 e. The lowest BCUT2D eigenvalue weighted by Crippen LogP contribution is -2.43. The number of halogens is 1. The van der Waals surface area contributed by atoms with Gasteiger partial charge >= 0.3 is 5.97 Å². The molecule has 3 nitrogen and oxygen atoms in total. The van der Waals surface area contributed by atoms with Crippen molar-refractivity contribution < 1.29 is 14.3 Å². The zero-order valence-electron chi connectivity index (χ0n) is 11.0. The predicted octanol–water partition coefficient (Wildman–Crippen LogP) is 3.13. The number of aryl methyl sites for hydroxylation is 2. The number of rotatable bonds is 2. The molecule has 1 aliphatic rings. The van der Waals surface area contributed by atoms with E-state index in [1.807, 2.05) is 24.6 Å². The third kappa shape index (κ3) is 1.46. The Morgan fingerprint density at radius 1 is 1.42 bits per heavy atom. The number of carboxylic acid groups (broad SMARTS) is 1. The van der Waals surface area contributed by atoms with Gasteiger partial charge in [-0.1, -0.05) is 12.5 Å². The number of nitrogens with zero attached hydrogens (tertiary/aromatic N) is 1. The first kappa shape index (κ1) is 12.2. The summed E-state index contributed by atoms with van der Waals surface area (Å²) >= 11 is 0. The molecule has 0 aliphatic heterocycles. The van der Waals surface area contributed by atoms with E-state index in [2.05, 4.69) is 0 Å². The average Bonchev–Trinajstić information content (AvgIpc) is 2.58. The van der Waals surface area contributed by atoms with Gasteiger partial charge in [0.2, 0.25) is 0 Å². The van der Waals surface area contributed by atoms with Gasteiger partial charge in [-0.15, -0.1) is 0 Å². The minimum Gasteiger partial charge on any atom is -0.481 e. The van der Waals surface area contributed by atoms with Gasteiger partial charge in [0.15, 0.2) is 0 Å². The molecule has 1 N–H and O–H groups in total. The lowest BCUT2D eigenvalue weighted by Gasteiger charge is -2.38. The van der Waals surface area contributed by atoms with Gasteiger partial charge in [0, 0.05) is 23.7 Å². The van der Waals surface area contributed by atoms with Gasteiger partial charge in [0.1, 0.15) is 5.82 Å². The minimum absolute atomic E-state index is 0.337. The summed E-state index contributed by atoms with van der Waals surface area (Å²) in [6.45, 7) is 1.91. The first-order valence-corrected chi connectivity index (χ1v) is 6.46. The van der Waals surface area contributed by atoms with E-state index < -0.39 is 11.4 Å². The molecule has 1 aromatic carbocycles. The second-order valence-electron chi connectivity index (χ2n) is 5.45. The van der Waals surface area contributed by atoms with E-state index >= 15 is 0 Å². The lowest BCUT2D eigenvalue weighted by molar-refractivity contribution is -0.147. The highest BCUT2D eigenvalue weighted by atomic mass is 19.1. The first-order valence-electron chi connectivity index (χ1n) is 6.46. The van der Waals surface area contributed by atoms with Crippen molar-refractivity contribution >= 4 is 16.9 Å². The summed E-state index contributed by atoms with van der Waals surface area (Å²) in [7, 11) is 1.88. The highest BCUT2D eigenvalue weighted by Gasteiger charge is 2.47. The maximum absolute atomic E-state index is 14.7. The number of aromatic nitrogens is 1. The molecule has 0 amide bonds. The summed E-state index contributed by atoms with van der Waals surface area (Å²) in [5.41, 5.74) is 1.09. The van der Waals surface area contributed by atoms with Crippen LogP contribution in [0.1, 0.15) is 30.5 Å². The Morgan fingerprint density at radius 2 is 2.11 bits per heavy atom. The zero-order chi connectivity index (χ0) is 13.8. The molecule has 1 fully saturated rings. The highest BCUT2D eigenvalue weighted by Crippen LogP contribution is 2.46. The summed E-state index contributed by atoms with van der Waals surface area (Å²) in [4.78, 5) is 11.5. The summed E-state index contributed by atoms with van der Waals surface area (Å²) in [5.74, 6) is -1.28. The van der Waals surface area contributed by atoms with Crippen molar-refractivity contribution in [1.82, 2.24) is 4.57 Å². The Bertz CT molecular complexity index is 683. The van der Waals surface area contributed by atoms with Crippen molar-refractivity contribution in [3.63, 3.8) is 0 Å². The normalized spacial score (nSPS) is 17.4. The fourth-order valence-corrected chi connectivity index (χ4v) is 3.01. The maximum atomic E-state index is 14.7. The summed E-state index contributed by atoms with van der Waals surface area (Å²) in [6.07, 6.45) is 1.89. The van der Waals surface area contributed by atoms with Gasteiger partial charge in [-0.05, 0) is 31.9 Å². The van der Waals surface area contributed by atoms with E-state index in [9.17, 15) is 14.3 Å². The van der Waals surface area contributed by atoms with E-state index in [1.165, 1.54) is 0 Å². The second kappa shape index (κ2) is 3.83. The molecule has 3 rings (SSSR count). The summed E-state index contributed by atoms with van der Waals surface area (Å²) in [6, 6.07) is 5.25. The van der Waals surface area contributed by atoms with Gasteiger partial charge in [-0.3, -0.25) is 4.79 Å². The third-order valence-corrected chi connectivity index (χ3v) is 4.53. The number of fused-ring (bicyclic) bond motifs is 1. The van der Waals surface area contributed by atoms with Gasteiger partial charge in [-0.25, -0.2) is 4.39 Å². The van der Waals surface area contributed by atoms with Crippen LogP contribution in [0.25, 0.3) is 10.9 Å². The Morgan fingerprint density at radius 3 is 2.63 bits per heavy atom. The largest absolute Gasteiger partial charge is 0.481 e. The number of hydrogen-bond donors (Lipinski definition) is 1. The molecule has 1 aromatic heterocycles. The van der Waals surface area contributed by atoms with Crippen LogP contribution in [0.3, 0.4) is 0 Å². The fourth-order valence-electron chi connectivity index (χ4n) is 3.01. The molecule has 0 radical (unpaired) electrons. The number of aliphatic carboxylic acids is 1. The number of carbonyl (C=O) groups is 1. The van der Waals surface area contributed by atoms with Crippen LogP contribution in [0.5, 0.6) is 0 Å². The van der Waals surface area contributed by atoms with Crippen molar-refractivity contribution in [2.24, 2.45) is 7.05 Å². The van der Waals surface area contributed by atoms with E-state index in [4.69, 9.17) is 0 Å². The van der Waals surface area contributed by atoms with Crippen LogP contribution in [0.4, 0.5) is 4.39 Å². The van der Waals surface area contributed by atoms with E-state index in [1.54, 1.807) is 12.1 Å². The van der Waals surface area contributed by atoms with Crippen molar-refractivity contribution in [1.29, 1.82) is 0 Å². The van der Waals surface area contributed by atoms with E-state index in [-0.39, 0.29) is 5.82 Å². The average molecular weight is 261 g/mol. The van der Waals surface area contributed by atoms with Crippen molar-refractivity contribution in [2.45, 2.75) is 31.6 Å². The third-order valence-electron chi connectivity index (χ3n) is 4.53. The molecule has 1 saturated carbocycles. The van der Waals surface area contributed by atoms with Crippen molar-refractivity contribution in [3.8, 4) is 0 Å². The van der Waals surface area contributed by atoms with Crippen molar-refractivity contribution in [2.75, 3.05) is 0 Å². The Kier molecular flexibility index (Phi) is 2.46. The summed E-state index contributed by atoms with van der Waals surface area (Å²) in [5, 5.41) is 9.94. The summed E-state index contributed by atoms with van der Waals surface area (Å²) < 4.78 is 16.6. The molecule has 0 bridgehead atoms. The molecule has 0 spiro atoms. The number of benzene rings is 1. The molecule has 1 aliphatic carbocycles. The van der Waals surface area contributed by atoms with Gasteiger partial charge in [0.05, 0.1) is 10.9 Å². The van der Waals surface area contributed by atoms with Crippen LogP contribution in [-0.2, 0) is 17.3 Å². The molecule has 0 atom stereocenters. The van der Waals surface area contributed by atoms with Gasteiger partial charge in [0.25, 0.3) is 0 Å². The Labute approximate surface area is 110 Å². The fraction of sp³-hybridized carbons (Fsp3) is 0.400. The number of carboxylic acids is 1. The predicted molar refractivity (Wildman–Crippen MR) is 70.8 cm³/mol. The topological polar surface area (TPSA) is 42.2 Å². The van der Waals surface area contributed by atoms with Crippen LogP contribution in [-0.4, -0.2) is 15.6 Å². The highest BCUT2D eigenvalue weighted by molar-refractivity contribution is 5.88. The van der Waals surface area contributed by atoms with Crippen LogP contribution in [0, 0.1) is 12.7 Å². The monoisotopic (exact) mass is 261 g/mol. The molecule has 19 heavy (non-hydrogen) atoms. The molecule has 1 heterocycles. The SMILES string of the molecule is Cc1cc2c(F)c(C3(C(=O)O)CCC3)ccc2n1C. The van der Waals surface area contributed by atoms with Crippen LogP contribution in [0.15, 0.2) is 18.2 Å². The Hall–Kier alpha value is -1.84. The molecular formula is C15H16FNO2. The molecule has 0 saturated heterocycles. The maximum Gasteiger partial charge on any atom is 0.314 e. The molecular weight excluding hydrogens is 245 g/mol. The Balaban J connectivity index is 2.26. The van der Waals surface area contributed by atoms with Crippen LogP contribution in [0.2, 0.25) is 0 Å². The lowest BCUT2D eigenvalue weighted by atomic mass is 9.64. The molecule has 100 valence electrons. The van der Waals surface area contributed by atoms with Gasteiger partial charge < -0.3 is 9.67 Å². The van der Waals surface area contributed by atoms with Gasteiger partial charge in [-0.2, -0.15) is 0 Å². The minimum atomic E-state index is -1.01. The first-order chi connectivity index (χ1) is 8.97. The molecule has 4 heteroatoms. The van der Waals surface area contributed by atoms with Crippen LogP contribution < -0.4 is 0 Å². The standard InChI is InChI=1S/C15H16FNO2/c1-9-8-10-12(17(9)2)5-4-11(13(10)16)15(14(18)19)6-3-7-15/h4-5,8H,3,6-7H2,1-2H3,(H,18,19). The second-order valence-corrected chi connectivity index (χ2v) is 5.45. The molecule has 0 unspecified atom stereocenters. The van der Waals surface area contributed by atoms with Crippen LogP contribution >= 0.6 is 0 Å². The molecule has 2 aromatic rings. The van der Waals surface area contributed by atoms with Crippen molar-refractivity contribution in [3.05, 3.63) is 35.3 Å². The number of hydrogen-bond acceptors (Lipinski definition) is 1.